The summed E-state index contributed by atoms with van der Waals surface area (Å²) in [6.45, 7) is 4.36. The second-order valence-corrected chi connectivity index (χ2v) is 9.58. The van der Waals surface area contributed by atoms with Gasteiger partial charge in [0.1, 0.15) is 0 Å². The number of hydrogen-bond donors (Lipinski definition) is 0. The Morgan fingerprint density at radius 1 is 1.18 bits per heavy atom. The smallest absolute Gasteiger partial charge is 0.311 e. The summed E-state index contributed by atoms with van der Waals surface area (Å²) >= 11 is 3.99. The number of fused-ring (bicyclic) bond motifs is 4. The van der Waals surface area contributed by atoms with Gasteiger partial charge in [-0.3, -0.25) is 4.79 Å². The minimum absolute atomic E-state index is 0.0522. The predicted molar refractivity (Wildman–Crippen MR) is 92.2 cm³/mol. The summed E-state index contributed by atoms with van der Waals surface area (Å²) in [6.07, 6.45) is 5.14. The summed E-state index contributed by atoms with van der Waals surface area (Å²) < 4.78 is 5.41. The molecule has 0 spiro atoms. The van der Waals surface area contributed by atoms with Gasteiger partial charge in [-0.1, -0.05) is 53.2 Å². The van der Waals surface area contributed by atoms with Gasteiger partial charge in [0.15, 0.2) is 0 Å². The van der Waals surface area contributed by atoms with Crippen molar-refractivity contribution in [2.75, 3.05) is 7.11 Å². The first-order valence-corrected chi connectivity index (χ1v) is 8.93. The summed E-state index contributed by atoms with van der Waals surface area (Å²) in [5.74, 6) is 0.473. The van der Waals surface area contributed by atoms with Crippen molar-refractivity contribution in [2.24, 2.45) is 11.3 Å². The number of carbonyl (C=O) groups excluding carboxylic acids is 1. The minimum Gasteiger partial charge on any atom is -0.469 e. The molecule has 3 saturated carbocycles. The van der Waals surface area contributed by atoms with Gasteiger partial charge in [0.2, 0.25) is 0 Å². The summed E-state index contributed by atoms with van der Waals surface area (Å²) in [4.78, 5) is 12.5. The molecular formula is C19H25BrO2. The molecule has 120 valence electrons. The highest BCUT2D eigenvalue weighted by molar-refractivity contribution is 9.10. The van der Waals surface area contributed by atoms with Crippen LogP contribution in [0.1, 0.15) is 51.5 Å². The van der Waals surface area contributed by atoms with E-state index in [1.54, 1.807) is 0 Å². The average molecular weight is 365 g/mol. The highest BCUT2D eigenvalue weighted by atomic mass is 79.9. The first-order chi connectivity index (χ1) is 10.3. The van der Waals surface area contributed by atoms with Crippen LogP contribution in [-0.4, -0.2) is 17.4 Å². The molecule has 0 N–H and O–H groups in total. The molecule has 0 saturated heterocycles. The second-order valence-electron chi connectivity index (χ2n) is 7.89. The number of benzene rings is 1. The molecule has 3 heteroatoms. The molecule has 3 fully saturated rings. The Hall–Kier alpha value is -0.830. The molecule has 0 aliphatic heterocycles. The van der Waals surface area contributed by atoms with Crippen molar-refractivity contribution >= 4 is 21.9 Å². The molecule has 0 heterocycles. The minimum atomic E-state index is -0.390. The van der Waals surface area contributed by atoms with Crippen molar-refractivity contribution in [3.63, 3.8) is 0 Å². The van der Waals surface area contributed by atoms with E-state index in [2.05, 4.69) is 60.1 Å². The fraction of sp³-hybridized carbons (Fsp3) is 0.632. The number of alkyl halides is 1. The zero-order valence-corrected chi connectivity index (χ0v) is 15.3. The van der Waals surface area contributed by atoms with E-state index in [-0.39, 0.29) is 15.7 Å². The number of hydrogen-bond acceptors (Lipinski definition) is 2. The van der Waals surface area contributed by atoms with Crippen LogP contribution in [0.5, 0.6) is 0 Å². The largest absolute Gasteiger partial charge is 0.469 e. The second kappa shape index (κ2) is 5.36. The molecule has 2 bridgehead atoms. The van der Waals surface area contributed by atoms with Gasteiger partial charge < -0.3 is 4.74 Å². The Morgan fingerprint density at radius 3 is 2.41 bits per heavy atom. The molecule has 4 rings (SSSR count). The van der Waals surface area contributed by atoms with Crippen LogP contribution in [-0.2, 0) is 14.9 Å². The molecular weight excluding hydrogens is 340 g/mol. The van der Waals surface area contributed by atoms with Crippen LogP contribution < -0.4 is 0 Å². The van der Waals surface area contributed by atoms with Gasteiger partial charge in [-0.25, -0.2) is 0 Å². The number of methoxy groups -OCH3 is 1. The number of carbonyl (C=O) groups is 1. The van der Waals surface area contributed by atoms with E-state index in [0.717, 1.165) is 32.1 Å². The van der Waals surface area contributed by atoms with Gasteiger partial charge in [-0.2, -0.15) is 0 Å². The van der Waals surface area contributed by atoms with Crippen molar-refractivity contribution in [1.29, 1.82) is 0 Å². The van der Waals surface area contributed by atoms with E-state index in [9.17, 15) is 4.79 Å². The van der Waals surface area contributed by atoms with Crippen LogP contribution in [0.15, 0.2) is 30.3 Å². The maximum atomic E-state index is 12.5. The van der Waals surface area contributed by atoms with Crippen molar-refractivity contribution < 1.29 is 9.53 Å². The lowest BCUT2D eigenvalue weighted by Crippen LogP contribution is -2.57. The molecule has 3 aliphatic rings. The topological polar surface area (TPSA) is 26.3 Å². The molecule has 3 aliphatic carbocycles. The van der Waals surface area contributed by atoms with E-state index in [0.29, 0.717) is 5.92 Å². The lowest BCUT2D eigenvalue weighted by molar-refractivity contribution is -0.156. The Bertz CT molecular complexity index is 562. The molecule has 1 aromatic carbocycles. The van der Waals surface area contributed by atoms with Gasteiger partial charge >= 0.3 is 5.97 Å². The first-order valence-electron chi connectivity index (χ1n) is 8.14. The normalized spacial score (nSPS) is 41.0. The summed E-state index contributed by atoms with van der Waals surface area (Å²) in [5, 5.41) is 0. The van der Waals surface area contributed by atoms with Crippen LogP contribution in [0.3, 0.4) is 0 Å². The number of esters is 1. The zero-order valence-electron chi connectivity index (χ0n) is 13.7. The number of ether oxygens (including phenoxy) is 1. The fourth-order valence-electron chi connectivity index (χ4n) is 5.22. The van der Waals surface area contributed by atoms with Crippen molar-refractivity contribution in [1.82, 2.24) is 0 Å². The lowest BCUT2D eigenvalue weighted by Gasteiger charge is -2.59. The maximum absolute atomic E-state index is 12.5. The Labute approximate surface area is 141 Å². The first kappa shape index (κ1) is 16.0. The third-order valence-electron chi connectivity index (χ3n) is 5.62. The van der Waals surface area contributed by atoms with Gasteiger partial charge in [0.25, 0.3) is 0 Å². The van der Waals surface area contributed by atoms with Gasteiger partial charge in [0, 0.05) is 4.32 Å². The molecule has 0 radical (unpaired) electrons. The van der Waals surface area contributed by atoms with Crippen molar-refractivity contribution in [2.45, 2.75) is 55.7 Å². The fourth-order valence-corrected chi connectivity index (χ4v) is 6.84. The van der Waals surface area contributed by atoms with E-state index in [1.807, 2.05) is 0 Å². The van der Waals surface area contributed by atoms with E-state index >= 15 is 0 Å². The summed E-state index contributed by atoms with van der Waals surface area (Å²) in [6, 6.07) is 10.7. The van der Waals surface area contributed by atoms with Crippen LogP contribution in [0, 0.1) is 11.3 Å². The van der Waals surface area contributed by atoms with Crippen LogP contribution in [0.2, 0.25) is 0 Å². The Morgan fingerprint density at radius 2 is 1.82 bits per heavy atom. The zero-order chi connectivity index (χ0) is 16.0. The lowest BCUT2D eigenvalue weighted by atomic mass is 9.49. The van der Waals surface area contributed by atoms with Crippen LogP contribution >= 0.6 is 15.9 Å². The standard InChI is InChI=1S/C19H25BrO2/c1-14-9-17(2,16(21)22-3)11-18(12-19(20,10-14)13-18)15-7-5-4-6-8-15/h4-8,14H,9-13H2,1-3H3. The van der Waals surface area contributed by atoms with E-state index in [1.165, 1.54) is 12.7 Å². The molecule has 2 atom stereocenters. The third kappa shape index (κ3) is 2.62. The maximum Gasteiger partial charge on any atom is 0.311 e. The third-order valence-corrected chi connectivity index (χ3v) is 6.50. The average Bonchev–Trinajstić information content (AvgIpc) is 2.43. The predicted octanol–water partition coefficient (Wildman–Crippen LogP) is 4.85. The molecule has 1 aromatic rings. The number of halogens is 1. The van der Waals surface area contributed by atoms with Crippen LogP contribution in [0.25, 0.3) is 0 Å². The molecule has 22 heavy (non-hydrogen) atoms. The molecule has 2 unspecified atom stereocenters. The van der Waals surface area contributed by atoms with Gasteiger partial charge in [0.05, 0.1) is 12.5 Å². The highest BCUT2D eigenvalue weighted by Crippen LogP contribution is 2.64. The SMILES string of the molecule is COC(=O)C1(C)CC(C)CC2(Br)CC(c3ccccc3)(C2)C1. The Balaban J connectivity index is 1.99. The molecule has 0 aromatic heterocycles. The Kier molecular flexibility index (Phi) is 3.91. The molecule has 0 amide bonds. The van der Waals surface area contributed by atoms with Gasteiger partial charge in [-0.05, 0) is 55.9 Å². The van der Waals surface area contributed by atoms with E-state index < -0.39 is 5.41 Å². The van der Waals surface area contributed by atoms with Crippen LogP contribution in [0.4, 0.5) is 0 Å². The van der Waals surface area contributed by atoms with E-state index in [4.69, 9.17) is 4.74 Å². The van der Waals surface area contributed by atoms with Gasteiger partial charge in [-0.15, -0.1) is 0 Å². The quantitative estimate of drug-likeness (QED) is 0.553. The van der Waals surface area contributed by atoms with Crippen molar-refractivity contribution in [3.05, 3.63) is 35.9 Å². The number of rotatable bonds is 2. The summed E-state index contributed by atoms with van der Waals surface area (Å²) in [5.41, 5.74) is 1.09. The highest BCUT2D eigenvalue weighted by Gasteiger charge is 2.59. The monoisotopic (exact) mass is 364 g/mol. The molecule has 2 nitrogen and oxygen atoms in total. The van der Waals surface area contributed by atoms with Crippen molar-refractivity contribution in [3.8, 4) is 0 Å². The summed E-state index contributed by atoms with van der Waals surface area (Å²) in [7, 11) is 1.52.